The molecule has 0 radical (unpaired) electrons. The van der Waals surface area contributed by atoms with Gasteiger partial charge < -0.3 is 4.74 Å². The number of carbonyl (C=O) groups is 1. The number of thioether (sulfide) groups is 1. The van der Waals surface area contributed by atoms with Crippen molar-refractivity contribution in [3.8, 4) is 11.4 Å². The summed E-state index contributed by atoms with van der Waals surface area (Å²) in [5, 5.41) is 9.58. The molecule has 0 fully saturated rings. The number of hydrogen-bond donors (Lipinski definition) is 0. The molecule has 0 N–H and O–H groups in total. The first kappa shape index (κ1) is 21.1. The first-order valence-electron chi connectivity index (χ1n) is 9.40. The fourth-order valence-corrected chi connectivity index (χ4v) is 3.93. The lowest BCUT2D eigenvalue weighted by atomic mass is 10.1. The van der Waals surface area contributed by atoms with Crippen LogP contribution in [0.1, 0.15) is 16.2 Å². The van der Waals surface area contributed by atoms with Crippen LogP contribution in [0.5, 0.6) is 5.75 Å². The average Bonchev–Trinajstić information content (AvgIpc) is 3.21. The van der Waals surface area contributed by atoms with E-state index in [1.165, 1.54) is 36.0 Å². The second-order valence-electron chi connectivity index (χ2n) is 6.51. The summed E-state index contributed by atoms with van der Waals surface area (Å²) in [6.45, 7) is 0.151. The minimum Gasteiger partial charge on any atom is -0.484 e. The smallest absolute Gasteiger partial charge is 0.196 e. The molecule has 4 aromatic rings. The van der Waals surface area contributed by atoms with Crippen LogP contribution in [0.15, 0.2) is 84.0 Å². The van der Waals surface area contributed by atoms with Gasteiger partial charge in [0.15, 0.2) is 16.8 Å². The summed E-state index contributed by atoms with van der Waals surface area (Å²) in [5.74, 6) is 0.759. The highest BCUT2D eigenvalue weighted by atomic mass is 35.5. The SMILES string of the molecule is O=C(CSc1nnc(COc2ccccc2Cl)n1-c1ccccc1)c1ccc(F)cc1. The lowest BCUT2D eigenvalue weighted by Crippen LogP contribution is -2.08. The Labute approximate surface area is 187 Å². The number of rotatable bonds is 8. The highest BCUT2D eigenvalue weighted by molar-refractivity contribution is 7.99. The van der Waals surface area contributed by atoms with Crippen LogP contribution in [-0.4, -0.2) is 26.3 Å². The topological polar surface area (TPSA) is 57.0 Å². The summed E-state index contributed by atoms with van der Waals surface area (Å²) in [5.41, 5.74) is 1.30. The maximum absolute atomic E-state index is 13.1. The predicted molar refractivity (Wildman–Crippen MR) is 119 cm³/mol. The fraction of sp³-hybridized carbons (Fsp3) is 0.0870. The number of carbonyl (C=O) groups excluding carboxylic acids is 1. The molecule has 5 nitrogen and oxygen atoms in total. The summed E-state index contributed by atoms with van der Waals surface area (Å²) in [6, 6.07) is 22.3. The van der Waals surface area contributed by atoms with Crippen molar-refractivity contribution in [1.29, 1.82) is 0 Å². The zero-order valence-electron chi connectivity index (χ0n) is 16.2. The Morgan fingerprint density at radius 1 is 0.968 bits per heavy atom. The molecule has 0 saturated carbocycles. The zero-order chi connectivity index (χ0) is 21.6. The Balaban J connectivity index is 1.55. The van der Waals surface area contributed by atoms with E-state index in [0.29, 0.717) is 27.3 Å². The molecular weight excluding hydrogens is 437 g/mol. The van der Waals surface area contributed by atoms with Crippen LogP contribution in [0.2, 0.25) is 5.02 Å². The van der Waals surface area contributed by atoms with Crippen LogP contribution in [0.4, 0.5) is 4.39 Å². The van der Waals surface area contributed by atoms with Crippen LogP contribution >= 0.6 is 23.4 Å². The first-order valence-corrected chi connectivity index (χ1v) is 10.8. The summed E-state index contributed by atoms with van der Waals surface area (Å²) >= 11 is 7.43. The van der Waals surface area contributed by atoms with Gasteiger partial charge in [-0.05, 0) is 48.5 Å². The molecule has 0 unspecified atom stereocenters. The van der Waals surface area contributed by atoms with Crippen LogP contribution < -0.4 is 4.74 Å². The number of ether oxygens (including phenoxy) is 1. The van der Waals surface area contributed by atoms with Gasteiger partial charge >= 0.3 is 0 Å². The molecule has 1 heterocycles. The van der Waals surface area contributed by atoms with Crippen molar-refractivity contribution in [3.05, 3.63) is 101 Å². The molecule has 0 spiro atoms. The standard InChI is InChI=1S/C23H17ClFN3O2S/c24-19-8-4-5-9-21(19)30-14-22-26-27-23(28(22)18-6-2-1-3-7-18)31-15-20(29)16-10-12-17(25)13-11-16/h1-13H,14-15H2. The number of nitrogens with zero attached hydrogens (tertiary/aromatic N) is 3. The normalized spacial score (nSPS) is 10.8. The van der Waals surface area contributed by atoms with Crippen LogP contribution in [0.3, 0.4) is 0 Å². The number of ketones is 1. The maximum atomic E-state index is 13.1. The molecule has 1 aromatic heterocycles. The minimum absolute atomic E-state index is 0.124. The fourth-order valence-electron chi connectivity index (χ4n) is 2.88. The minimum atomic E-state index is -0.379. The Morgan fingerprint density at radius 3 is 2.42 bits per heavy atom. The number of hydrogen-bond acceptors (Lipinski definition) is 5. The van der Waals surface area contributed by atoms with Crippen LogP contribution in [-0.2, 0) is 6.61 Å². The van der Waals surface area contributed by atoms with E-state index >= 15 is 0 Å². The molecule has 156 valence electrons. The van der Waals surface area contributed by atoms with E-state index in [1.807, 2.05) is 47.0 Å². The Kier molecular flexibility index (Phi) is 6.64. The Bertz CT molecular complexity index is 1180. The van der Waals surface area contributed by atoms with Crippen molar-refractivity contribution in [3.63, 3.8) is 0 Å². The summed E-state index contributed by atoms with van der Waals surface area (Å²) in [7, 11) is 0. The molecule has 4 rings (SSSR count). The van der Waals surface area contributed by atoms with Gasteiger partial charge in [0.05, 0.1) is 10.8 Å². The Hall–Kier alpha value is -3.16. The third-order valence-electron chi connectivity index (χ3n) is 4.41. The predicted octanol–water partition coefficient (Wildman–Crippen LogP) is 5.61. The van der Waals surface area contributed by atoms with Crippen LogP contribution in [0, 0.1) is 5.82 Å². The van der Waals surface area contributed by atoms with Crippen LogP contribution in [0.25, 0.3) is 5.69 Å². The van der Waals surface area contributed by atoms with Crippen molar-refractivity contribution in [2.75, 3.05) is 5.75 Å². The summed E-state index contributed by atoms with van der Waals surface area (Å²) < 4.78 is 20.8. The number of para-hydroxylation sites is 2. The molecule has 0 atom stereocenters. The van der Waals surface area contributed by atoms with Crippen molar-refractivity contribution < 1.29 is 13.9 Å². The number of aromatic nitrogens is 3. The van der Waals surface area contributed by atoms with Gasteiger partial charge in [-0.2, -0.15) is 0 Å². The molecule has 0 aliphatic rings. The summed E-state index contributed by atoms with van der Waals surface area (Å²) in [6.07, 6.45) is 0. The number of halogens is 2. The maximum Gasteiger partial charge on any atom is 0.196 e. The second-order valence-corrected chi connectivity index (χ2v) is 7.86. The second kappa shape index (κ2) is 9.76. The summed E-state index contributed by atoms with van der Waals surface area (Å²) in [4.78, 5) is 12.5. The molecule has 8 heteroatoms. The van der Waals surface area contributed by atoms with E-state index in [-0.39, 0.29) is 24.0 Å². The molecule has 0 amide bonds. The third-order valence-corrected chi connectivity index (χ3v) is 5.65. The molecular formula is C23H17ClFN3O2S. The highest BCUT2D eigenvalue weighted by Crippen LogP contribution is 2.26. The number of Topliss-reactive ketones (excluding diaryl/α,β-unsaturated/α-hetero) is 1. The van der Waals surface area contributed by atoms with E-state index in [4.69, 9.17) is 16.3 Å². The van der Waals surface area contributed by atoms with E-state index in [2.05, 4.69) is 10.2 Å². The number of benzene rings is 3. The molecule has 3 aromatic carbocycles. The van der Waals surface area contributed by atoms with Gasteiger partial charge in [-0.15, -0.1) is 10.2 Å². The van der Waals surface area contributed by atoms with Gasteiger partial charge in [-0.3, -0.25) is 9.36 Å². The molecule has 31 heavy (non-hydrogen) atoms. The molecule has 0 aliphatic heterocycles. The van der Waals surface area contributed by atoms with Crippen molar-refractivity contribution in [2.24, 2.45) is 0 Å². The van der Waals surface area contributed by atoms with Gasteiger partial charge in [0.2, 0.25) is 0 Å². The monoisotopic (exact) mass is 453 g/mol. The lowest BCUT2D eigenvalue weighted by Gasteiger charge is -2.11. The quantitative estimate of drug-likeness (QED) is 0.256. The van der Waals surface area contributed by atoms with Gasteiger partial charge in [0.25, 0.3) is 0 Å². The largest absolute Gasteiger partial charge is 0.484 e. The van der Waals surface area contributed by atoms with Crippen molar-refractivity contribution >= 4 is 29.1 Å². The van der Waals surface area contributed by atoms with E-state index in [0.717, 1.165) is 5.69 Å². The van der Waals surface area contributed by atoms with Gasteiger partial charge in [0, 0.05) is 11.3 Å². The van der Waals surface area contributed by atoms with E-state index < -0.39 is 0 Å². The molecule has 0 bridgehead atoms. The van der Waals surface area contributed by atoms with E-state index in [1.54, 1.807) is 12.1 Å². The van der Waals surface area contributed by atoms with Crippen molar-refractivity contribution in [2.45, 2.75) is 11.8 Å². The van der Waals surface area contributed by atoms with E-state index in [9.17, 15) is 9.18 Å². The zero-order valence-corrected chi connectivity index (χ0v) is 17.8. The Morgan fingerprint density at radius 2 is 1.68 bits per heavy atom. The average molecular weight is 454 g/mol. The van der Waals surface area contributed by atoms with Gasteiger partial charge in [-0.1, -0.05) is 53.7 Å². The molecule has 0 aliphatic carbocycles. The van der Waals surface area contributed by atoms with Crippen molar-refractivity contribution in [1.82, 2.24) is 14.8 Å². The highest BCUT2D eigenvalue weighted by Gasteiger charge is 2.17. The lowest BCUT2D eigenvalue weighted by molar-refractivity contribution is 0.102. The third kappa shape index (κ3) is 5.13. The van der Waals surface area contributed by atoms with Gasteiger partial charge in [-0.25, -0.2) is 4.39 Å². The molecule has 0 saturated heterocycles. The van der Waals surface area contributed by atoms with Gasteiger partial charge in [0.1, 0.15) is 18.2 Å². The first-order chi connectivity index (χ1) is 15.1.